The third-order valence-corrected chi connectivity index (χ3v) is 8.35. The average molecular weight is 590 g/mol. The minimum absolute atomic E-state index is 0.0426. The molecule has 3 atom stereocenters. The van der Waals surface area contributed by atoms with Crippen LogP contribution in [0.4, 0.5) is 33.5 Å². The highest BCUT2D eigenvalue weighted by molar-refractivity contribution is 7.92. The van der Waals surface area contributed by atoms with E-state index in [0.717, 1.165) is 30.6 Å². The summed E-state index contributed by atoms with van der Waals surface area (Å²) in [6.07, 6.45) is -0.909. The normalized spacial score (nSPS) is 20.2. The van der Waals surface area contributed by atoms with Gasteiger partial charge in [-0.2, -0.15) is 13.2 Å². The molecule has 1 fully saturated rings. The molecule has 0 radical (unpaired) electrons. The van der Waals surface area contributed by atoms with Gasteiger partial charge in [0.1, 0.15) is 28.7 Å². The highest BCUT2D eigenvalue weighted by Crippen LogP contribution is 2.40. The van der Waals surface area contributed by atoms with Crippen LogP contribution in [0.3, 0.4) is 0 Å². The van der Waals surface area contributed by atoms with E-state index in [4.69, 9.17) is 11.6 Å². The zero-order valence-corrected chi connectivity index (χ0v) is 22.4. The zero-order chi connectivity index (χ0) is 28.5. The van der Waals surface area contributed by atoms with Gasteiger partial charge < -0.3 is 10.2 Å². The molecule has 1 aliphatic rings. The summed E-state index contributed by atoms with van der Waals surface area (Å²) in [5.74, 6) is -2.38. The standard InChI is InChI=1S/C25H25ClF5N5O2S/c1-36(2)22-9-14(15-7-16(25(29,30)31)10-17(27)8-15)3-4-20(22)34-21-12-19(28)23(11-18(21)26)39(37,38)35-24-5-6-32-13-33-24/h5-8,10-14,20,22,34H,3-4,9H2,1-2H3,(H,32,33,35)/t14-,20-,22-/m0/s1. The molecule has 39 heavy (non-hydrogen) atoms. The second kappa shape index (κ2) is 11.2. The van der Waals surface area contributed by atoms with Crippen LogP contribution in [0.15, 0.2) is 53.8 Å². The summed E-state index contributed by atoms with van der Waals surface area (Å²) in [4.78, 5) is 8.66. The van der Waals surface area contributed by atoms with Gasteiger partial charge in [0.25, 0.3) is 10.0 Å². The SMILES string of the molecule is CN(C)[C@H]1C[C@@H](c2cc(F)cc(C(F)(F)F)c2)CC[C@@H]1Nc1cc(F)c(S(=O)(=O)Nc2ccncn2)cc1Cl. The highest BCUT2D eigenvalue weighted by atomic mass is 35.5. The van der Waals surface area contributed by atoms with E-state index in [0.29, 0.717) is 25.3 Å². The van der Waals surface area contributed by atoms with E-state index in [1.165, 1.54) is 12.3 Å². The van der Waals surface area contributed by atoms with Crippen molar-refractivity contribution in [1.29, 1.82) is 0 Å². The molecule has 1 heterocycles. The first kappa shape index (κ1) is 29.0. The summed E-state index contributed by atoms with van der Waals surface area (Å²) in [7, 11) is -0.749. The van der Waals surface area contributed by atoms with E-state index < -0.39 is 38.3 Å². The number of benzene rings is 2. The summed E-state index contributed by atoms with van der Waals surface area (Å²) >= 11 is 6.35. The lowest BCUT2D eigenvalue weighted by Gasteiger charge is -2.41. The molecule has 2 N–H and O–H groups in total. The zero-order valence-electron chi connectivity index (χ0n) is 20.8. The van der Waals surface area contributed by atoms with Crippen molar-refractivity contribution in [1.82, 2.24) is 14.9 Å². The second-order valence-electron chi connectivity index (χ2n) is 9.53. The van der Waals surface area contributed by atoms with Gasteiger partial charge in [-0.1, -0.05) is 11.6 Å². The van der Waals surface area contributed by atoms with Crippen LogP contribution in [-0.4, -0.2) is 49.5 Å². The molecule has 0 saturated heterocycles. The molecular formula is C25H25ClF5N5O2S. The van der Waals surface area contributed by atoms with Crippen LogP contribution in [0.1, 0.15) is 36.3 Å². The first-order valence-corrected chi connectivity index (χ1v) is 13.7. The van der Waals surface area contributed by atoms with Gasteiger partial charge >= 0.3 is 6.18 Å². The van der Waals surface area contributed by atoms with Crippen molar-refractivity contribution in [2.45, 2.75) is 48.3 Å². The van der Waals surface area contributed by atoms with Crippen LogP contribution in [0.2, 0.25) is 5.02 Å². The van der Waals surface area contributed by atoms with Crippen molar-refractivity contribution in [3.05, 3.63) is 76.7 Å². The van der Waals surface area contributed by atoms with Crippen molar-refractivity contribution in [3.8, 4) is 0 Å². The Hall–Kier alpha value is -3.03. The number of likely N-dealkylation sites (N-methyl/N-ethyl adjacent to an activating group) is 1. The number of anilines is 2. The topological polar surface area (TPSA) is 87.2 Å². The van der Waals surface area contributed by atoms with Gasteiger partial charge in [0, 0.05) is 18.3 Å². The lowest BCUT2D eigenvalue weighted by atomic mass is 9.77. The molecule has 0 amide bonds. The van der Waals surface area contributed by atoms with Gasteiger partial charge in [0.2, 0.25) is 0 Å². The van der Waals surface area contributed by atoms with E-state index in [9.17, 15) is 26.0 Å². The smallest absolute Gasteiger partial charge is 0.379 e. The quantitative estimate of drug-likeness (QED) is 0.334. The Balaban J connectivity index is 1.54. The number of hydrogen-bond acceptors (Lipinski definition) is 6. The fourth-order valence-electron chi connectivity index (χ4n) is 4.79. The second-order valence-corrected chi connectivity index (χ2v) is 11.6. The largest absolute Gasteiger partial charge is 0.416 e. The summed E-state index contributed by atoms with van der Waals surface area (Å²) in [6.45, 7) is 0. The molecule has 3 aromatic rings. The minimum Gasteiger partial charge on any atom is -0.379 e. The van der Waals surface area contributed by atoms with Crippen LogP contribution in [0.5, 0.6) is 0 Å². The van der Waals surface area contributed by atoms with Crippen molar-refractivity contribution in [2.24, 2.45) is 0 Å². The van der Waals surface area contributed by atoms with Crippen LogP contribution >= 0.6 is 11.6 Å². The third kappa shape index (κ3) is 6.76. The first-order valence-electron chi connectivity index (χ1n) is 11.8. The lowest BCUT2D eigenvalue weighted by molar-refractivity contribution is -0.137. The van der Waals surface area contributed by atoms with Crippen LogP contribution < -0.4 is 10.0 Å². The van der Waals surface area contributed by atoms with Gasteiger partial charge in [-0.15, -0.1) is 0 Å². The van der Waals surface area contributed by atoms with E-state index >= 15 is 4.39 Å². The number of aromatic nitrogens is 2. The number of sulfonamides is 1. The Morgan fingerprint density at radius 1 is 1.08 bits per heavy atom. The summed E-state index contributed by atoms with van der Waals surface area (Å²) in [5.41, 5.74) is -0.608. The van der Waals surface area contributed by atoms with E-state index in [-0.39, 0.29) is 40.1 Å². The molecule has 7 nitrogen and oxygen atoms in total. The van der Waals surface area contributed by atoms with Crippen LogP contribution in [0.25, 0.3) is 0 Å². The molecule has 1 aromatic heterocycles. The number of nitrogens with one attached hydrogen (secondary N) is 2. The van der Waals surface area contributed by atoms with Gasteiger partial charge in [0.15, 0.2) is 0 Å². The molecule has 2 aromatic carbocycles. The average Bonchev–Trinajstić information content (AvgIpc) is 2.85. The number of alkyl halides is 3. The Morgan fingerprint density at radius 3 is 2.46 bits per heavy atom. The summed E-state index contributed by atoms with van der Waals surface area (Å²) in [6, 6.07) is 5.33. The summed E-state index contributed by atoms with van der Waals surface area (Å²) in [5, 5.41) is 3.12. The summed E-state index contributed by atoms with van der Waals surface area (Å²) < 4.78 is 96.3. The lowest BCUT2D eigenvalue weighted by Crippen LogP contribution is -2.47. The van der Waals surface area contributed by atoms with Gasteiger partial charge in [-0.3, -0.25) is 4.72 Å². The van der Waals surface area contributed by atoms with E-state index in [1.54, 1.807) is 14.1 Å². The van der Waals surface area contributed by atoms with Gasteiger partial charge in [-0.05, 0) is 81.2 Å². The maximum Gasteiger partial charge on any atom is 0.416 e. The minimum atomic E-state index is -4.67. The maximum atomic E-state index is 15.0. The Bertz CT molecular complexity index is 1440. The van der Waals surface area contributed by atoms with Crippen molar-refractivity contribution < 1.29 is 30.4 Å². The number of nitrogens with zero attached hydrogens (tertiary/aromatic N) is 3. The fourth-order valence-corrected chi connectivity index (χ4v) is 6.17. The fraction of sp³-hybridized carbons (Fsp3) is 0.360. The molecule has 0 bridgehead atoms. The van der Waals surface area contributed by atoms with Crippen LogP contribution in [0, 0.1) is 11.6 Å². The van der Waals surface area contributed by atoms with Gasteiger partial charge in [0.05, 0.1) is 16.3 Å². The molecule has 0 spiro atoms. The van der Waals surface area contributed by atoms with Crippen molar-refractivity contribution in [3.63, 3.8) is 0 Å². The Kier molecular flexibility index (Phi) is 8.33. The van der Waals surface area contributed by atoms with Crippen LogP contribution in [-0.2, 0) is 16.2 Å². The first-order chi connectivity index (χ1) is 18.2. The van der Waals surface area contributed by atoms with Crippen molar-refractivity contribution in [2.75, 3.05) is 24.1 Å². The number of hydrogen-bond donors (Lipinski definition) is 2. The predicted octanol–water partition coefficient (Wildman–Crippen LogP) is 5.91. The highest BCUT2D eigenvalue weighted by Gasteiger charge is 2.36. The van der Waals surface area contributed by atoms with E-state index in [2.05, 4.69) is 20.0 Å². The monoisotopic (exact) mass is 589 g/mol. The molecule has 1 saturated carbocycles. The molecule has 14 heteroatoms. The molecule has 0 aliphatic heterocycles. The maximum absolute atomic E-state index is 15.0. The Morgan fingerprint density at radius 2 is 1.82 bits per heavy atom. The molecule has 0 unspecified atom stereocenters. The van der Waals surface area contributed by atoms with E-state index in [1.807, 2.05) is 4.90 Å². The molecule has 1 aliphatic carbocycles. The van der Waals surface area contributed by atoms with Crippen molar-refractivity contribution >= 4 is 33.1 Å². The molecule has 4 rings (SSSR count). The number of halogens is 6. The molecular weight excluding hydrogens is 565 g/mol. The third-order valence-electron chi connectivity index (χ3n) is 6.67. The van der Waals surface area contributed by atoms with Gasteiger partial charge in [-0.25, -0.2) is 27.2 Å². The molecule has 210 valence electrons. The predicted molar refractivity (Wildman–Crippen MR) is 137 cm³/mol. The number of rotatable bonds is 7. The Labute approximate surface area is 227 Å².